The molecule has 1 aromatic carbocycles. The van der Waals surface area contributed by atoms with Gasteiger partial charge in [-0.3, -0.25) is 19.3 Å². The van der Waals surface area contributed by atoms with Gasteiger partial charge in [0.25, 0.3) is 11.8 Å². The van der Waals surface area contributed by atoms with E-state index in [1.54, 1.807) is 24.3 Å². The fourth-order valence-electron chi connectivity index (χ4n) is 1.80. The molecular formula is C12H9Cl2NO3. The van der Waals surface area contributed by atoms with E-state index in [9.17, 15) is 14.4 Å². The number of halogens is 2. The second-order valence-corrected chi connectivity index (χ2v) is 4.77. The average molecular weight is 286 g/mol. The van der Waals surface area contributed by atoms with Crippen LogP contribution >= 0.6 is 23.2 Å². The lowest BCUT2D eigenvalue weighted by Crippen LogP contribution is -2.32. The van der Waals surface area contributed by atoms with Crippen LogP contribution in [0.2, 0.25) is 0 Å². The number of hydrogen-bond acceptors (Lipinski definition) is 3. The number of benzene rings is 1. The van der Waals surface area contributed by atoms with E-state index in [2.05, 4.69) is 0 Å². The van der Waals surface area contributed by atoms with Gasteiger partial charge in [0.15, 0.2) is 0 Å². The maximum Gasteiger partial charge on any atom is 0.261 e. The summed E-state index contributed by atoms with van der Waals surface area (Å²) in [6.45, 7) is 0.0823. The first-order valence-electron chi connectivity index (χ1n) is 5.31. The van der Waals surface area contributed by atoms with Crippen LogP contribution in [-0.4, -0.2) is 33.9 Å². The summed E-state index contributed by atoms with van der Waals surface area (Å²) in [5.74, 6) is -0.719. The molecular weight excluding hydrogens is 277 g/mol. The molecule has 1 aliphatic rings. The molecule has 1 heterocycles. The molecule has 18 heavy (non-hydrogen) atoms. The lowest BCUT2D eigenvalue weighted by atomic mass is 10.1. The maximum atomic E-state index is 11.9. The molecule has 0 aliphatic carbocycles. The number of nitrogens with zero attached hydrogens (tertiary/aromatic N) is 1. The fraction of sp³-hybridized carbons (Fsp3) is 0.250. The highest BCUT2D eigenvalue weighted by Gasteiger charge is 2.35. The molecule has 0 fully saturated rings. The Morgan fingerprint density at radius 1 is 1.17 bits per heavy atom. The van der Waals surface area contributed by atoms with E-state index in [1.165, 1.54) is 0 Å². The van der Waals surface area contributed by atoms with Crippen molar-refractivity contribution in [2.75, 3.05) is 6.54 Å². The SMILES string of the molecule is O=C(Cl)[C@H](Cl)CCN1C(=O)c2ccccc2C1=O. The van der Waals surface area contributed by atoms with Crippen LogP contribution in [0.3, 0.4) is 0 Å². The molecule has 0 saturated heterocycles. The summed E-state index contributed by atoms with van der Waals surface area (Å²) < 4.78 is 0. The number of imide groups is 1. The zero-order chi connectivity index (χ0) is 13.3. The topological polar surface area (TPSA) is 54.5 Å². The predicted octanol–water partition coefficient (Wildman–Crippen LogP) is 2.05. The van der Waals surface area contributed by atoms with Gasteiger partial charge in [0.1, 0.15) is 5.38 Å². The Balaban J connectivity index is 2.12. The predicted molar refractivity (Wildman–Crippen MR) is 66.9 cm³/mol. The molecule has 4 nitrogen and oxygen atoms in total. The highest BCUT2D eigenvalue weighted by Crippen LogP contribution is 2.23. The molecule has 1 aliphatic heterocycles. The van der Waals surface area contributed by atoms with Gasteiger partial charge in [-0.15, -0.1) is 11.6 Å². The van der Waals surface area contributed by atoms with Crippen molar-refractivity contribution in [1.82, 2.24) is 4.90 Å². The van der Waals surface area contributed by atoms with Crippen LogP contribution in [0.1, 0.15) is 27.1 Å². The quantitative estimate of drug-likeness (QED) is 0.483. The summed E-state index contributed by atoms with van der Waals surface area (Å²) in [6, 6.07) is 6.58. The number of fused-ring (bicyclic) bond motifs is 1. The molecule has 6 heteroatoms. The van der Waals surface area contributed by atoms with Crippen LogP contribution < -0.4 is 0 Å². The Bertz CT molecular complexity index is 495. The zero-order valence-electron chi connectivity index (χ0n) is 9.23. The number of carbonyl (C=O) groups is 3. The van der Waals surface area contributed by atoms with E-state index in [4.69, 9.17) is 23.2 Å². The van der Waals surface area contributed by atoms with E-state index in [-0.39, 0.29) is 24.8 Å². The van der Waals surface area contributed by atoms with Crippen molar-refractivity contribution in [3.63, 3.8) is 0 Å². The molecule has 2 amide bonds. The lowest BCUT2D eigenvalue weighted by Gasteiger charge is -2.14. The van der Waals surface area contributed by atoms with Gasteiger partial charge in [-0.1, -0.05) is 12.1 Å². The molecule has 0 unspecified atom stereocenters. The van der Waals surface area contributed by atoms with Gasteiger partial charge in [0.2, 0.25) is 5.24 Å². The maximum absolute atomic E-state index is 11.9. The first-order chi connectivity index (χ1) is 8.52. The van der Waals surface area contributed by atoms with E-state index >= 15 is 0 Å². The molecule has 0 aromatic heterocycles. The van der Waals surface area contributed by atoms with Gasteiger partial charge in [0, 0.05) is 6.54 Å². The van der Waals surface area contributed by atoms with Crippen molar-refractivity contribution < 1.29 is 14.4 Å². The largest absolute Gasteiger partial charge is 0.280 e. The molecule has 1 aromatic rings. The number of rotatable bonds is 4. The Labute approximate surface area is 113 Å². The Hall–Kier alpha value is -1.39. The molecule has 94 valence electrons. The highest BCUT2D eigenvalue weighted by molar-refractivity contribution is 6.69. The summed E-state index contributed by atoms with van der Waals surface area (Å²) >= 11 is 10.9. The molecule has 0 spiro atoms. The highest BCUT2D eigenvalue weighted by atomic mass is 35.5. The van der Waals surface area contributed by atoms with Gasteiger partial charge in [-0.05, 0) is 30.2 Å². The summed E-state index contributed by atoms with van der Waals surface area (Å²) in [6.07, 6.45) is 0.148. The van der Waals surface area contributed by atoms with Gasteiger partial charge in [0.05, 0.1) is 11.1 Å². The number of alkyl halides is 1. The second-order valence-electron chi connectivity index (χ2n) is 3.87. The molecule has 1 atom stereocenters. The Morgan fingerprint density at radius 2 is 1.67 bits per heavy atom. The van der Waals surface area contributed by atoms with Crippen LogP contribution in [0.25, 0.3) is 0 Å². The van der Waals surface area contributed by atoms with Crippen LogP contribution in [-0.2, 0) is 4.79 Å². The van der Waals surface area contributed by atoms with E-state index in [0.717, 1.165) is 4.90 Å². The number of carbonyl (C=O) groups excluding carboxylic acids is 3. The fourth-order valence-corrected chi connectivity index (χ4v) is 2.00. The minimum Gasteiger partial charge on any atom is -0.280 e. The van der Waals surface area contributed by atoms with Gasteiger partial charge in [-0.2, -0.15) is 0 Å². The van der Waals surface area contributed by atoms with Gasteiger partial charge < -0.3 is 0 Å². The molecule has 0 saturated carbocycles. The van der Waals surface area contributed by atoms with Crippen molar-refractivity contribution in [2.45, 2.75) is 11.8 Å². The van der Waals surface area contributed by atoms with Crippen molar-refractivity contribution >= 4 is 40.3 Å². The number of hydrogen-bond donors (Lipinski definition) is 0. The van der Waals surface area contributed by atoms with E-state index in [0.29, 0.717) is 11.1 Å². The van der Waals surface area contributed by atoms with Crippen molar-refractivity contribution in [1.29, 1.82) is 0 Å². The van der Waals surface area contributed by atoms with Crippen LogP contribution in [0.15, 0.2) is 24.3 Å². The first-order valence-corrected chi connectivity index (χ1v) is 6.12. The Morgan fingerprint density at radius 3 is 2.11 bits per heavy atom. The second kappa shape index (κ2) is 5.08. The Kier molecular flexibility index (Phi) is 3.68. The third-order valence-electron chi connectivity index (χ3n) is 2.73. The normalized spacial score (nSPS) is 15.8. The summed E-state index contributed by atoms with van der Waals surface area (Å²) in [4.78, 5) is 35.7. The van der Waals surface area contributed by atoms with Crippen LogP contribution in [0.5, 0.6) is 0 Å². The molecule has 2 rings (SSSR count). The van der Waals surface area contributed by atoms with Crippen molar-refractivity contribution in [2.24, 2.45) is 0 Å². The minimum atomic E-state index is -0.893. The zero-order valence-corrected chi connectivity index (χ0v) is 10.7. The first kappa shape index (κ1) is 13.1. The summed E-state index contributed by atoms with van der Waals surface area (Å²) in [7, 11) is 0. The monoisotopic (exact) mass is 285 g/mol. The summed E-state index contributed by atoms with van der Waals surface area (Å²) in [5.41, 5.74) is 0.761. The third kappa shape index (κ3) is 2.26. The minimum absolute atomic E-state index is 0.0823. The molecule has 0 N–H and O–H groups in total. The van der Waals surface area contributed by atoms with Crippen molar-refractivity contribution in [3.05, 3.63) is 35.4 Å². The standard InChI is InChI=1S/C12H9Cl2NO3/c13-9(10(14)16)5-6-15-11(17)7-3-1-2-4-8(7)12(15)18/h1-4,9H,5-6H2/t9-/m1/s1. The average Bonchev–Trinajstić information content (AvgIpc) is 2.60. The third-order valence-corrected chi connectivity index (χ3v) is 3.52. The smallest absolute Gasteiger partial charge is 0.261 e. The van der Waals surface area contributed by atoms with E-state index in [1.807, 2.05) is 0 Å². The van der Waals surface area contributed by atoms with Gasteiger partial charge in [-0.25, -0.2) is 0 Å². The van der Waals surface area contributed by atoms with Crippen molar-refractivity contribution in [3.8, 4) is 0 Å². The lowest BCUT2D eigenvalue weighted by molar-refractivity contribution is -0.111. The van der Waals surface area contributed by atoms with Gasteiger partial charge >= 0.3 is 0 Å². The molecule has 0 bridgehead atoms. The summed E-state index contributed by atoms with van der Waals surface area (Å²) in [5, 5.41) is -1.58. The molecule has 0 radical (unpaired) electrons. The van der Waals surface area contributed by atoms with Crippen LogP contribution in [0, 0.1) is 0 Å². The number of amides is 2. The van der Waals surface area contributed by atoms with Crippen LogP contribution in [0.4, 0.5) is 0 Å². The van der Waals surface area contributed by atoms with E-state index < -0.39 is 10.6 Å².